The molecule has 0 spiro atoms. The molecule has 1 atom stereocenters. The van der Waals surface area contributed by atoms with Crippen LogP contribution in [-0.2, 0) is 11.3 Å². The van der Waals surface area contributed by atoms with Crippen LogP contribution in [0.4, 0.5) is 4.39 Å². The van der Waals surface area contributed by atoms with Crippen molar-refractivity contribution in [1.82, 2.24) is 10.2 Å². The Kier molecular flexibility index (Phi) is 5.13. The molecule has 1 heterocycles. The summed E-state index contributed by atoms with van der Waals surface area (Å²) in [4.78, 5) is 2.34. The number of phenols is 1. The van der Waals surface area contributed by atoms with Crippen LogP contribution in [-0.4, -0.2) is 48.9 Å². The second-order valence-corrected chi connectivity index (χ2v) is 4.94. The lowest BCUT2D eigenvalue weighted by Gasteiger charge is -2.29. The molecule has 1 aliphatic heterocycles. The summed E-state index contributed by atoms with van der Waals surface area (Å²) in [6, 6.07) is 4.88. The molecule has 2 N–H and O–H groups in total. The number of ether oxygens (including phenoxy) is 1. The second kappa shape index (κ2) is 6.84. The van der Waals surface area contributed by atoms with Crippen molar-refractivity contribution in [2.75, 3.05) is 32.8 Å². The maximum atomic E-state index is 13.2. The van der Waals surface area contributed by atoms with Gasteiger partial charge in [0.25, 0.3) is 0 Å². The van der Waals surface area contributed by atoms with Gasteiger partial charge in [0.1, 0.15) is 0 Å². The van der Waals surface area contributed by atoms with Crippen molar-refractivity contribution in [2.24, 2.45) is 0 Å². The number of hydrogen-bond donors (Lipinski definition) is 2. The molecule has 1 saturated heterocycles. The van der Waals surface area contributed by atoms with Crippen molar-refractivity contribution in [1.29, 1.82) is 0 Å². The number of nitrogens with zero attached hydrogens (tertiary/aromatic N) is 1. The van der Waals surface area contributed by atoms with Crippen molar-refractivity contribution in [3.8, 4) is 5.75 Å². The average molecular weight is 268 g/mol. The van der Waals surface area contributed by atoms with Gasteiger partial charge in [-0.3, -0.25) is 4.90 Å². The number of nitrogens with one attached hydrogen (secondary N) is 1. The third-order valence-corrected chi connectivity index (χ3v) is 3.35. The number of para-hydroxylation sites is 1. The highest BCUT2D eigenvalue weighted by atomic mass is 19.1. The summed E-state index contributed by atoms with van der Waals surface area (Å²) in [7, 11) is 0. The van der Waals surface area contributed by atoms with Gasteiger partial charge in [-0.15, -0.1) is 0 Å². The van der Waals surface area contributed by atoms with Crippen LogP contribution in [0, 0.1) is 5.82 Å². The molecular formula is C14H21FN2O2. The predicted molar refractivity (Wildman–Crippen MR) is 71.6 cm³/mol. The fraction of sp³-hybridized carbons (Fsp3) is 0.571. The Balaban J connectivity index is 1.79. The first kappa shape index (κ1) is 14.2. The van der Waals surface area contributed by atoms with Crippen molar-refractivity contribution in [3.05, 3.63) is 29.6 Å². The van der Waals surface area contributed by atoms with E-state index >= 15 is 0 Å². The normalized spacial score (nSPS) is 18.4. The molecule has 0 radical (unpaired) electrons. The van der Waals surface area contributed by atoms with Crippen LogP contribution in [0.2, 0.25) is 0 Å². The minimum Gasteiger partial charge on any atom is -0.505 e. The molecule has 0 aromatic heterocycles. The standard InChI is InChI=1S/C14H21FN2O2/c1-11(10-17-5-7-19-8-6-17)16-9-12-3-2-4-13(15)14(12)18/h2-4,11,16,18H,5-10H2,1H3. The van der Waals surface area contributed by atoms with Gasteiger partial charge in [0, 0.05) is 37.8 Å². The van der Waals surface area contributed by atoms with Gasteiger partial charge in [0.2, 0.25) is 0 Å². The van der Waals surface area contributed by atoms with Gasteiger partial charge in [0.15, 0.2) is 11.6 Å². The second-order valence-electron chi connectivity index (χ2n) is 4.94. The van der Waals surface area contributed by atoms with Crippen molar-refractivity contribution in [2.45, 2.75) is 19.5 Å². The first-order chi connectivity index (χ1) is 9.16. The largest absolute Gasteiger partial charge is 0.505 e. The zero-order chi connectivity index (χ0) is 13.7. The van der Waals surface area contributed by atoms with E-state index in [9.17, 15) is 9.50 Å². The van der Waals surface area contributed by atoms with Gasteiger partial charge in [-0.05, 0) is 13.0 Å². The monoisotopic (exact) mass is 268 g/mol. The lowest BCUT2D eigenvalue weighted by atomic mass is 10.2. The van der Waals surface area contributed by atoms with Crippen molar-refractivity contribution >= 4 is 0 Å². The van der Waals surface area contributed by atoms with Crippen molar-refractivity contribution < 1.29 is 14.2 Å². The van der Waals surface area contributed by atoms with E-state index in [0.29, 0.717) is 12.1 Å². The van der Waals surface area contributed by atoms with E-state index in [1.165, 1.54) is 6.07 Å². The van der Waals surface area contributed by atoms with Crippen LogP contribution in [0.1, 0.15) is 12.5 Å². The summed E-state index contributed by atoms with van der Waals surface area (Å²) in [6.45, 7) is 6.98. The Labute approximate surface area is 113 Å². The fourth-order valence-corrected chi connectivity index (χ4v) is 2.22. The molecule has 1 fully saturated rings. The first-order valence-electron chi connectivity index (χ1n) is 6.66. The van der Waals surface area contributed by atoms with Gasteiger partial charge in [-0.25, -0.2) is 4.39 Å². The number of benzene rings is 1. The summed E-state index contributed by atoms with van der Waals surface area (Å²) < 4.78 is 18.5. The zero-order valence-corrected chi connectivity index (χ0v) is 11.2. The molecule has 1 aromatic rings. The quantitative estimate of drug-likeness (QED) is 0.846. The molecule has 106 valence electrons. The molecule has 2 rings (SSSR count). The Hall–Kier alpha value is -1.17. The summed E-state index contributed by atoms with van der Waals surface area (Å²) >= 11 is 0. The maximum Gasteiger partial charge on any atom is 0.165 e. The molecule has 0 amide bonds. The number of halogens is 1. The molecule has 1 aromatic carbocycles. The SMILES string of the molecule is CC(CN1CCOCC1)NCc1cccc(F)c1O. The van der Waals surface area contributed by atoms with Crippen LogP contribution in [0.15, 0.2) is 18.2 Å². The summed E-state index contributed by atoms with van der Waals surface area (Å²) in [6.07, 6.45) is 0. The number of hydrogen-bond acceptors (Lipinski definition) is 4. The van der Waals surface area contributed by atoms with Crippen LogP contribution in [0.25, 0.3) is 0 Å². The van der Waals surface area contributed by atoms with E-state index in [0.717, 1.165) is 32.8 Å². The number of phenolic OH excluding ortho intramolecular Hbond substituents is 1. The Morgan fingerprint density at radius 2 is 2.16 bits per heavy atom. The number of morpholine rings is 1. The molecule has 19 heavy (non-hydrogen) atoms. The van der Waals surface area contributed by atoms with E-state index in [2.05, 4.69) is 17.1 Å². The molecule has 0 bridgehead atoms. The zero-order valence-electron chi connectivity index (χ0n) is 11.2. The summed E-state index contributed by atoms with van der Waals surface area (Å²) in [5, 5.41) is 12.9. The minimum absolute atomic E-state index is 0.256. The van der Waals surface area contributed by atoms with E-state index in [1.807, 2.05) is 0 Å². The van der Waals surface area contributed by atoms with Crippen molar-refractivity contribution in [3.63, 3.8) is 0 Å². The Bertz CT molecular complexity index is 408. The number of rotatable bonds is 5. The summed E-state index contributed by atoms with van der Waals surface area (Å²) in [5.74, 6) is -0.825. The van der Waals surface area contributed by atoms with Crippen LogP contribution < -0.4 is 5.32 Å². The molecular weight excluding hydrogens is 247 g/mol. The topological polar surface area (TPSA) is 44.7 Å². The first-order valence-corrected chi connectivity index (χ1v) is 6.66. The van der Waals surface area contributed by atoms with E-state index in [-0.39, 0.29) is 11.8 Å². The van der Waals surface area contributed by atoms with Crippen LogP contribution in [0.3, 0.4) is 0 Å². The molecule has 4 nitrogen and oxygen atoms in total. The van der Waals surface area contributed by atoms with Gasteiger partial charge < -0.3 is 15.2 Å². The molecule has 0 saturated carbocycles. The smallest absolute Gasteiger partial charge is 0.165 e. The molecule has 0 aliphatic carbocycles. The third-order valence-electron chi connectivity index (χ3n) is 3.35. The molecule has 5 heteroatoms. The lowest BCUT2D eigenvalue weighted by Crippen LogP contribution is -2.44. The Morgan fingerprint density at radius 3 is 2.89 bits per heavy atom. The van der Waals surface area contributed by atoms with Crippen LogP contribution in [0.5, 0.6) is 5.75 Å². The third kappa shape index (κ3) is 4.16. The van der Waals surface area contributed by atoms with Gasteiger partial charge in [0.05, 0.1) is 13.2 Å². The predicted octanol–water partition coefficient (Wildman–Crippen LogP) is 1.34. The molecule has 1 aliphatic rings. The molecule has 1 unspecified atom stereocenters. The highest BCUT2D eigenvalue weighted by molar-refractivity contribution is 5.33. The van der Waals surface area contributed by atoms with Gasteiger partial charge in [-0.1, -0.05) is 12.1 Å². The lowest BCUT2D eigenvalue weighted by molar-refractivity contribution is 0.0343. The van der Waals surface area contributed by atoms with E-state index < -0.39 is 5.82 Å². The number of aromatic hydroxyl groups is 1. The summed E-state index contributed by atoms with van der Waals surface area (Å²) in [5.41, 5.74) is 0.592. The highest BCUT2D eigenvalue weighted by Gasteiger charge is 2.14. The van der Waals surface area contributed by atoms with Crippen LogP contribution >= 0.6 is 0 Å². The van der Waals surface area contributed by atoms with Gasteiger partial charge >= 0.3 is 0 Å². The van der Waals surface area contributed by atoms with Gasteiger partial charge in [-0.2, -0.15) is 0 Å². The fourth-order valence-electron chi connectivity index (χ4n) is 2.22. The minimum atomic E-state index is -0.569. The maximum absolute atomic E-state index is 13.2. The van der Waals surface area contributed by atoms with E-state index in [4.69, 9.17) is 4.74 Å². The average Bonchev–Trinajstić information content (AvgIpc) is 2.42. The highest BCUT2D eigenvalue weighted by Crippen LogP contribution is 2.20. The Morgan fingerprint density at radius 1 is 1.42 bits per heavy atom. The van der Waals surface area contributed by atoms with E-state index in [1.54, 1.807) is 12.1 Å².